The third-order valence-electron chi connectivity index (χ3n) is 5.47. The zero-order valence-electron chi connectivity index (χ0n) is 19.4. The van der Waals surface area contributed by atoms with E-state index in [4.69, 9.17) is 9.15 Å². The van der Waals surface area contributed by atoms with E-state index in [0.29, 0.717) is 29.0 Å². The second kappa shape index (κ2) is 11.0. The molecule has 1 amide bonds. The van der Waals surface area contributed by atoms with Crippen molar-refractivity contribution in [3.63, 3.8) is 0 Å². The van der Waals surface area contributed by atoms with Gasteiger partial charge in [0.25, 0.3) is 5.22 Å². The average Bonchev–Trinajstić information content (AvgIpc) is 3.30. The number of ether oxygens (including phenoxy) is 1. The monoisotopic (exact) mass is 473 g/mol. The molecule has 0 aliphatic carbocycles. The molecule has 0 aliphatic heterocycles. The number of amides is 1. The van der Waals surface area contributed by atoms with Gasteiger partial charge >= 0.3 is 0 Å². The predicted molar refractivity (Wildman–Crippen MR) is 134 cm³/mol. The van der Waals surface area contributed by atoms with Crippen LogP contribution in [0.25, 0.3) is 0 Å². The lowest BCUT2D eigenvalue weighted by Gasteiger charge is -2.17. The van der Waals surface area contributed by atoms with Crippen molar-refractivity contribution in [3.8, 4) is 5.75 Å². The second-order valence-electron chi connectivity index (χ2n) is 8.08. The van der Waals surface area contributed by atoms with Crippen LogP contribution in [0, 0.1) is 6.92 Å². The summed E-state index contributed by atoms with van der Waals surface area (Å²) in [6, 6.07) is 25.5. The SMILES string of the molecule is COc1ccc(C)cc1NC(=O)C(Sc1nnc(CC(C)c2ccccc2)o1)c1ccccc1. The molecule has 0 aliphatic rings. The van der Waals surface area contributed by atoms with Crippen LogP contribution in [-0.2, 0) is 11.2 Å². The maximum absolute atomic E-state index is 13.4. The van der Waals surface area contributed by atoms with Crippen molar-refractivity contribution in [3.05, 3.63) is 101 Å². The molecule has 0 spiro atoms. The lowest BCUT2D eigenvalue weighted by molar-refractivity contribution is -0.115. The number of hydrogen-bond donors (Lipinski definition) is 1. The number of aryl methyl sites for hydroxylation is 1. The van der Waals surface area contributed by atoms with Gasteiger partial charge in [0.05, 0.1) is 12.8 Å². The van der Waals surface area contributed by atoms with E-state index in [9.17, 15) is 4.79 Å². The number of carbonyl (C=O) groups is 1. The summed E-state index contributed by atoms with van der Waals surface area (Å²) in [6.45, 7) is 4.09. The lowest BCUT2D eigenvalue weighted by atomic mass is 9.98. The van der Waals surface area contributed by atoms with E-state index in [1.807, 2.05) is 73.7 Å². The highest BCUT2D eigenvalue weighted by molar-refractivity contribution is 8.00. The minimum atomic E-state index is -0.578. The fourth-order valence-electron chi connectivity index (χ4n) is 3.65. The molecule has 4 rings (SSSR count). The van der Waals surface area contributed by atoms with Gasteiger partial charge in [-0.2, -0.15) is 0 Å². The molecule has 2 atom stereocenters. The summed E-state index contributed by atoms with van der Waals surface area (Å²) >= 11 is 1.24. The first-order valence-electron chi connectivity index (χ1n) is 11.1. The number of benzene rings is 3. The van der Waals surface area contributed by atoms with Crippen molar-refractivity contribution in [2.45, 2.75) is 36.7 Å². The Bertz CT molecular complexity index is 1230. The van der Waals surface area contributed by atoms with E-state index in [0.717, 1.165) is 11.1 Å². The van der Waals surface area contributed by atoms with Crippen LogP contribution in [0.1, 0.15) is 40.7 Å². The van der Waals surface area contributed by atoms with Crippen molar-refractivity contribution in [1.82, 2.24) is 10.2 Å². The normalized spacial score (nSPS) is 12.7. The Kier molecular flexibility index (Phi) is 7.65. The summed E-state index contributed by atoms with van der Waals surface area (Å²) in [5.74, 6) is 1.19. The molecule has 0 saturated heterocycles. The summed E-state index contributed by atoms with van der Waals surface area (Å²) in [5.41, 5.74) is 3.70. The van der Waals surface area contributed by atoms with E-state index in [1.165, 1.54) is 17.3 Å². The Morgan fingerprint density at radius 3 is 2.35 bits per heavy atom. The van der Waals surface area contributed by atoms with E-state index in [-0.39, 0.29) is 11.8 Å². The Morgan fingerprint density at radius 2 is 1.68 bits per heavy atom. The van der Waals surface area contributed by atoms with Crippen LogP contribution >= 0.6 is 11.8 Å². The first kappa shape index (κ1) is 23.6. The topological polar surface area (TPSA) is 77.2 Å². The van der Waals surface area contributed by atoms with Gasteiger partial charge in [-0.15, -0.1) is 10.2 Å². The molecule has 0 fully saturated rings. The van der Waals surface area contributed by atoms with Crippen LogP contribution < -0.4 is 10.1 Å². The molecule has 6 nitrogen and oxygen atoms in total. The molecule has 7 heteroatoms. The van der Waals surface area contributed by atoms with E-state index in [1.54, 1.807) is 7.11 Å². The number of anilines is 1. The zero-order valence-corrected chi connectivity index (χ0v) is 20.2. The van der Waals surface area contributed by atoms with Gasteiger partial charge in [0.2, 0.25) is 11.8 Å². The molecule has 0 saturated carbocycles. The number of nitrogens with one attached hydrogen (secondary N) is 1. The third kappa shape index (κ3) is 5.85. The highest BCUT2D eigenvalue weighted by Crippen LogP contribution is 2.37. The van der Waals surface area contributed by atoms with Gasteiger partial charge in [-0.1, -0.05) is 73.7 Å². The van der Waals surface area contributed by atoms with Gasteiger partial charge < -0.3 is 14.5 Å². The van der Waals surface area contributed by atoms with Crippen molar-refractivity contribution in [2.75, 3.05) is 12.4 Å². The van der Waals surface area contributed by atoms with Crippen LogP contribution in [0.3, 0.4) is 0 Å². The highest BCUT2D eigenvalue weighted by atomic mass is 32.2. The Hall–Kier alpha value is -3.58. The van der Waals surface area contributed by atoms with E-state index < -0.39 is 5.25 Å². The number of carbonyl (C=O) groups excluding carboxylic acids is 1. The minimum Gasteiger partial charge on any atom is -0.495 e. The van der Waals surface area contributed by atoms with Gasteiger partial charge in [-0.05, 0) is 53.4 Å². The summed E-state index contributed by atoms with van der Waals surface area (Å²) in [5, 5.41) is 11.2. The summed E-state index contributed by atoms with van der Waals surface area (Å²) in [6.07, 6.45) is 0.625. The van der Waals surface area contributed by atoms with E-state index >= 15 is 0 Å². The number of aromatic nitrogens is 2. The molecule has 1 aromatic heterocycles. The molecular weight excluding hydrogens is 446 g/mol. The zero-order chi connectivity index (χ0) is 23.9. The summed E-state index contributed by atoms with van der Waals surface area (Å²) < 4.78 is 11.3. The van der Waals surface area contributed by atoms with Crippen LogP contribution in [0.4, 0.5) is 5.69 Å². The fraction of sp³-hybridized carbons (Fsp3) is 0.222. The number of methoxy groups -OCH3 is 1. The fourth-order valence-corrected chi connectivity index (χ4v) is 4.54. The predicted octanol–water partition coefficient (Wildman–Crippen LogP) is 6.20. The number of hydrogen-bond acceptors (Lipinski definition) is 6. The molecule has 34 heavy (non-hydrogen) atoms. The molecule has 2 unspecified atom stereocenters. The van der Waals surface area contributed by atoms with Gasteiger partial charge in [0, 0.05) is 6.42 Å². The molecule has 1 N–H and O–H groups in total. The quantitative estimate of drug-likeness (QED) is 0.292. The smallest absolute Gasteiger partial charge is 0.277 e. The maximum Gasteiger partial charge on any atom is 0.277 e. The molecule has 0 radical (unpaired) electrons. The lowest BCUT2D eigenvalue weighted by Crippen LogP contribution is -2.19. The van der Waals surface area contributed by atoms with Crippen molar-refractivity contribution in [1.29, 1.82) is 0 Å². The third-order valence-corrected chi connectivity index (χ3v) is 6.56. The number of rotatable bonds is 9. The largest absolute Gasteiger partial charge is 0.495 e. The maximum atomic E-state index is 13.4. The number of nitrogens with zero attached hydrogens (tertiary/aromatic N) is 2. The van der Waals surface area contributed by atoms with Gasteiger partial charge in [0.1, 0.15) is 11.0 Å². The Labute approximate surface area is 203 Å². The molecule has 0 bridgehead atoms. The first-order chi connectivity index (χ1) is 16.5. The molecular formula is C27H27N3O3S. The van der Waals surface area contributed by atoms with Crippen LogP contribution in [-0.4, -0.2) is 23.2 Å². The molecule has 3 aromatic carbocycles. The van der Waals surface area contributed by atoms with Crippen LogP contribution in [0.5, 0.6) is 5.75 Å². The van der Waals surface area contributed by atoms with Crippen LogP contribution in [0.15, 0.2) is 88.5 Å². The first-order valence-corrected chi connectivity index (χ1v) is 12.0. The Morgan fingerprint density at radius 1 is 1.00 bits per heavy atom. The van der Waals surface area contributed by atoms with Crippen molar-refractivity contribution >= 4 is 23.4 Å². The highest BCUT2D eigenvalue weighted by Gasteiger charge is 2.26. The van der Waals surface area contributed by atoms with Gasteiger partial charge in [-0.25, -0.2) is 0 Å². The van der Waals surface area contributed by atoms with Crippen molar-refractivity contribution < 1.29 is 13.9 Å². The van der Waals surface area contributed by atoms with E-state index in [2.05, 4.69) is 34.6 Å². The van der Waals surface area contributed by atoms with Gasteiger partial charge in [0.15, 0.2) is 0 Å². The summed E-state index contributed by atoms with van der Waals surface area (Å²) in [7, 11) is 1.58. The van der Waals surface area contributed by atoms with Crippen molar-refractivity contribution in [2.24, 2.45) is 0 Å². The number of thioether (sulfide) groups is 1. The standard InChI is InChI=1S/C27H27N3O3S/c1-18-14-15-23(32-3)22(16-18)28-26(31)25(21-12-8-5-9-13-21)34-27-30-29-24(33-27)17-19(2)20-10-6-4-7-11-20/h4-16,19,25H,17H2,1-3H3,(H,28,31). The Balaban J connectivity index is 1.53. The minimum absolute atomic E-state index is 0.197. The van der Waals surface area contributed by atoms with Gasteiger partial charge in [-0.3, -0.25) is 4.79 Å². The van der Waals surface area contributed by atoms with Crippen LogP contribution in [0.2, 0.25) is 0 Å². The second-order valence-corrected chi connectivity index (χ2v) is 9.14. The molecule has 4 aromatic rings. The molecule has 1 heterocycles. The molecule has 174 valence electrons. The average molecular weight is 474 g/mol. The summed E-state index contributed by atoms with van der Waals surface area (Å²) in [4.78, 5) is 13.4.